The molecule has 1 aliphatic heterocycles. The second kappa shape index (κ2) is 9.40. The minimum atomic E-state index is -0.807. The van der Waals surface area contributed by atoms with Crippen molar-refractivity contribution < 1.29 is 19.4 Å². The van der Waals surface area contributed by atoms with Gasteiger partial charge in [0, 0.05) is 19.5 Å². The number of aryl methyl sites for hydroxylation is 1. The second-order valence-electron chi connectivity index (χ2n) is 5.66. The van der Waals surface area contributed by atoms with Gasteiger partial charge in [-0.25, -0.2) is 0 Å². The van der Waals surface area contributed by atoms with Crippen molar-refractivity contribution >= 4 is 24.3 Å². The molecule has 0 bridgehead atoms. The third-order valence-electron chi connectivity index (χ3n) is 3.91. The molecular formula is C17H24ClNO4. The van der Waals surface area contributed by atoms with Gasteiger partial charge in [0.15, 0.2) is 0 Å². The van der Waals surface area contributed by atoms with E-state index in [1.54, 1.807) is 4.90 Å². The Morgan fingerprint density at radius 1 is 1.30 bits per heavy atom. The van der Waals surface area contributed by atoms with Gasteiger partial charge in [0.2, 0.25) is 5.91 Å². The normalized spacial score (nSPS) is 16.7. The van der Waals surface area contributed by atoms with Crippen molar-refractivity contribution in [1.82, 2.24) is 4.90 Å². The lowest BCUT2D eigenvalue weighted by Crippen LogP contribution is -2.30. The van der Waals surface area contributed by atoms with E-state index in [9.17, 15) is 9.59 Å². The minimum absolute atomic E-state index is 0. The first-order valence-electron chi connectivity index (χ1n) is 7.82. The quantitative estimate of drug-likeness (QED) is 0.828. The van der Waals surface area contributed by atoms with E-state index < -0.39 is 11.9 Å². The number of ether oxygens (including phenoxy) is 1. The van der Waals surface area contributed by atoms with Crippen molar-refractivity contribution in [1.29, 1.82) is 0 Å². The molecule has 1 amide bonds. The molecule has 0 aliphatic carbocycles. The maximum atomic E-state index is 12.1. The Morgan fingerprint density at radius 3 is 2.57 bits per heavy atom. The monoisotopic (exact) mass is 341 g/mol. The summed E-state index contributed by atoms with van der Waals surface area (Å²) >= 11 is 0. The Balaban J connectivity index is 0.00000264. The van der Waals surface area contributed by atoms with Crippen molar-refractivity contribution in [2.24, 2.45) is 5.92 Å². The van der Waals surface area contributed by atoms with Crippen LogP contribution in [0.1, 0.15) is 31.7 Å². The molecule has 1 saturated heterocycles. The number of hydrogen-bond acceptors (Lipinski definition) is 3. The number of rotatable bonds is 7. The van der Waals surface area contributed by atoms with Crippen LogP contribution in [0.3, 0.4) is 0 Å². The third-order valence-corrected chi connectivity index (χ3v) is 3.91. The zero-order valence-corrected chi connectivity index (χ0v) is 14.2. The van der Waals surface area contributed by atoms with Gasteiger partial charge in [0.1, 0.15) is 5.75 Å². The summed E-state index contributed by atoms with van der Waals surface area (Å²) in [5.41, 5.74) is 1.09. The molecule has 2 rings (SSSR count). The van der Waals surface area contributed by atoms with Gasteiger partial charge in [0.25, 0.3) is 0 Å². The number of carboxylic acid groups (broad SMARTS) is 1. The van der Waals surface area contributed by atoms with Crippen LogP contribution in [-0.4, -0.2) is 41.6 Å². The molecule has 0 saturated carbocycles. The molecule has 1 atom stereocenters. The largest absolute Gasteiger partial charge is 0.494 e. The first kappa shape index (κ1) is 19.3. The molecule has 1 aromatic rings. The molecule has 23 heavy (non-hydrogen) atoms. The van der Waals surface area contributed by atoms with Crippen LogP contribution in [0.25, 0.3) is 0 Å². The fourth-order valence-electron chi connectivity index (χ4n) is 2.57. The summed E-state index contributed by atoms with van der Waals surface area (Å²) in [6, 6.07) is 7.79. The summed E-state index contributed by atoms with van der Waals surface area (Å²) in [4.78, 5) is 24.7. The topological polar surface area (TPSA) is 66.8 Å². The predicted molar refractivity (Wildman–Crippen MR) is 90.1 cm³/mol. The molecule has 128 valence electrons. The highest BCUT2D eigenvalue weighted by molar-refractivity contribution is 5.85. The number of carboxylic acids is 1. The molecule has 5 nitrogen and oxygen atoms in total. The average Bonchev–Trinajstić information content (AvgIpc) is 3.02. The zero-order chi connectivity index (χ0) is 15.9. The van der Waals surface area contributed by atoms with Crippen LogP contribution < -0.4 is 4.74 Å². The summed E-state index contributed by atoms with van der Waals surface area (Å²) in [5.74, 6) is -0.326. The van der Waals surface area contributed by atoms with E-state index in [1.807, 2.05) is 24.3 Å². The van der Waals surface area contributed by atoms with Gasteiger partial charge in [-0.3, -0.25) is 9.59 Å². The highest BCUT2D eigenvalue weighted by atomic mass is 35.5. The van der Waals surface area contributed by atoms with Gasteiger partial charge in [0.05, 0.1) is 12.5 Å². The summed E-state index contributed by atoms with van der Waals surface area (Å²) < 4.78 is 5.52. The van der Waals surface area contributed by atoms with E-state index in [4.69, 9.17) is 9.84 Å². The molecule has 6 heteroatoms. The standard InChI is InChI=1S/C17H23NO4.ClH/c1-2-11-22-15-6-3-13(4-7-15)5-8-16(19)18-10-9-14(12-18)17(20)21;/h3-4,6-7,14H,2,5,8-12H2,1H3,(H,20,21);1H. The van der Waals surface area contributed by atoms with Crippen molar-refractivity contribution in [3.63, 3.8) is 0 Å². The van der Waals surface area contributed by atoms with Crippen LogP contribution in [0.2, 0.25) is 0 Å². The van der Waals surface area contributed by atoms with E-state index in [-0.39, 0.29) is 18.3 Å². The fourth-order valence-corrected chi connectivity index (χ4v) is 2.57. The van der Waals surface area contributed by atoms with E-state index in [0.29, 0.717) is 39.0 Å². The minimum Gasteiger partial charge on any atom is -0.494 e. The molecule has 1 aliphatic rings. The summed E-state index contributed by atoms with van der Waals surface area (Å²) in [7, 11) is 0. The summed E-state index contributed by atoms with van der Waals surface area (Å²) in [6.45, 7) is 3.67. The zero-order valence-electron chi connectivity index (χ0n) is 13.4. The maximum absolute atomic E-state index is 12.1. The maximum Gasteiger partial charge on any atom is 0.308 e. The summed E-state index contributed by atoms with van der Waals surface area (Å²) in [6.07, 6.45) is 2.62. The molecular weight excluding hydrogens is 318 g/mol. The lowest BCUT2D eigenvalue weighted by Gasteiger charge is -2.15. The average molecular weight is 342 g/mol. The number of nitrogens with zero attached hydrogens (tertiary/aromatic N) is 1. The number of hydrogen-bond donors (Lipinski definition) is 1. The molecule has 0 spiro atoms. The molecule has 1 aromatic carbocycles. The van der Waals surface area contributed by atoms with Crippen molar-refractivity contribution in [3.05, 3.63) is 29.8 Å². The number of carbonyl (C=O) groups is 2. The predicted octanol–water partition coefficient (Wildman–Crippen LogP) is 2.76. The lowest BCUT2D eigenvalue weighted by molar-refractivity contribution is -0.141. The molecule has 1 fully saturated rings. The van der Waals surface area contributed by atoms with Crippen LogP contribution in [0.15, 0.2) is 24.3 Å². The highest BCUT2D eigenvalue weighted by Crippen LogP contribution is 2.18. The third kappa shape index (κ3) is 5.75. The Kier molecular flexibility index (Phi) is 7.89. The first-order chi connectivity index (χ1) is 10.6. The molecule has 1 heterocycles. The van der Waals surface area contributed by atoms with E-state index in [1.165, 1.54) is 0 Å². The fraction of sp³-hybridized carbons (Fsp3) is 0.529. The summed E-state index contributed by atoms with van der Waals surface area (Å²) in [5, 5.41) is 8.96. The molecule has 1 N–H and O–H groups in total. The first-order valence-corrected chi connectivity index (χ1v) is 7.82. The van der Waals surface area contributed by atoms with Gasteiger partial charge >= 0.3 is 5.97 Å². The molecule has 0 radical (unpaired) electrons. The number of likely N-dealkylation sites (tertiary alicyclic amines) is 1. The number of amides is 1. The number of aliphatic carboxylic acids is 1. The van der Waals surface area contributed by atoms with Gasteiger partial charge in [-0.05, 0) is 37.0 Å². The van der Waals surface area contributed by atoms with Gasteiger partial charge in [-0.1, -0.05) is 19.1 Å². The second-order valence-corrected chi connectivity index (χ2v) is 5.66. The SMILES string of the molecule is CCCOc1ccc(CCC(=O)N2CCC(C(=O)O)C2)cc1.Cl. The Hall–Kier alpha value is -1.75. The van der Waals surface area contributed by atoms with Gasteiger partial charge < -0.3 is 14.7 Å². The van der Waals surface area contributed by atoms with Crippen LogP contribution in [-0.2, 0) is 16.0 Å². The van der Waals surface area contributed by atoms with Crippen LogP contribution >= 0.6 is 12.4 Å². The van der Waals surface area contributed by atoms with Gasteiger partial charge in [-0.15, -0.1) is 12.4 Å². The molecule has 1 unspecified atom stereocenters. The number of carbonyl (C=O) groups excluding carboxylic acids is 1. The Bertz CT molecular complexity index is 518. The van der Waals surface area contributed by atoms with Crippen LogP contribution in [0.4, 0.5) is 0 Å². The van der Waals surface area contributed by atoms with Gasteiger partial charge in [-0.2, -0.15) is 0 Å². The molecule has 0 aromatic heterocycles. The lowest BCUT2D eigenvalue weighted by atomic mass is 10.1. The van der Waals surface area contributed by atoms with E-state index in [0.717, 1.165) is 17.7 Å². The number of benzene rings is 1. The van der Waals surface area contributed by atoms with Crippen LogP contribution in [0, 0.1) is 5.92 Å². The van der Waals surface area contributed by atoms with Crippen molar-refractivity contribution in [2.45, 2.75) is 32.6 Å². The Morgan fingerprint density at radius 2 is 2.00 bits per heavy atom. The smallest absolute Gasteiger partial charge is 0.308 e. The van der Waals surface area contributed by atoms with E-state index in [2.05, 4.69) is 6.92 Å². The van der Waals surface area contributed by atoms with Crippen molar-refractivity contribution in [3.8, 4) is 5.75 Å². The van der Waals surface area contributed by atoms with Crippen LogP contribution in [0.5, 0.6) is 5.75 Å². The Labute approximate surface area is 143 Å². The van der Waals surface area contributed by atoms with E-state index >= 15 is 0 Å². The highest BCUT2D eigenvalue weighted by Gasteiger charge is 2.30. The van der Waals surface area contributed by atoms with Crippen molar-refractivity contribution in [2.75, 3.05) is 19.7 Å². The number of halogens is 1.